The van der Waals surface area contributed by atoms with Crippen molar-refractivity contribution in [3.63, 3.8) is 0 Å². The Bertz CT molecular complexity index is 1100. The van der Waals surface area contributed by atoms with Crippen LogP contribution in [0.3, 0.4) is 0 Å². The summed E-state index contributed by atoms with van der Waals surface area (Å²) in [6.07, 6.45) is 3.46. The smallest absolute Gasteiger partial charge is 0.258 e. The maximum absolute atomic E-state index is 13.7. The highest BCUT2D eigenvalue weighted by Gasteiger charge is 2.30. The lowest BCUT2D eigenvalue weighted by Crippen LogP contribution is -2.50. The molecule has 3 rings (SSSR count). The van der Waals surface area contributed by atoms with E-state index in [1.807, 2.05) is 32.0 Å². The predicted octanol–water partition coefficient (Wildman–Crippen LogP) is 5.14. The maximum Gasteiger partial charge on any atom is 0.258 e. The fourth-order valence-corrected chi connectivity index (χ4v) is 4.59. The predicted molar refractivity (Wildman–Crippen MR) is 136 cm³/mol. The van der Waals surface area contributed by atoms with Crippen LogP contribution in [0.15, 0.2) is 30.8 Å². The van der Waals surface area contributed by atoms with E-state index in [-0.39, 0.29) is 34.4 Å². The molecule has 1 aliphatic rings. The average molecular weight is 465 g/mol. The van der Waals surface area contributed by atoms with E-state index < -0.39 is 0 Å². The highest BCUT2D eigenvalue weighted by Crippen LogP contribution is 2.45. The first-order valence-electron chi connectivity index (χ1n) is 12.0. The molecule has 0 spiro atoms. The lowest BCUT2D eigenvalue weighted by atomic mass is 9.88. The van der Waals surface area contributed by atoms with E-state index in [4.69, 9.17) is 0 Å². The second-order valence-corrected chi connectivity index (χ2v) is 9.24. The summed E-state index contributed by atoms with van der Waals surface area (Å²) in [7, 11) is 0. The minimum atomic E-state index is -0.266. The number of amides is 2. The molecule has 0 bridgehead atoms. The molecule has 2 aromatic rings. The number of phenols is 2. The van der Waals surface area contributed by atoms with Crippen LogP contribution >= 0.6 is 0 Å². The average Bonchev–Trinajstić information content (AvgIpc) is 2.78. The zero-order valence-electron chi connectivity index (χ0n) is 20.8. The van der Waals surface area contributed by atoms with Gasteiger partial charge in [0.05, 0.1) is 11.1 Å². The van der Waals surface area contributed by atoms with Crippen LogP contribution in [0.2, 0.25) is 0 Å². The molecule has 2 aromatic carbocycles. The van der Waals surface area contributed by atoms with Gasteiger partial charge in [-0.2, -0.15) is 0 Å². The van der Waals surface area contributed by atoms with E-state index in [1.54, 1.807) is 15.9 Å². The SMILES string of the molecule is C=C(C)c1ccc(C)cc1-c1c(O)cc(CCCCC)c(C(=O)N2CCN(C(C)=O)CC2)c1O. The van der Waals surface area contributed by atoms with Gasteiger partial charge < -0.3 is 20.0 Å². The molecule has 0 aliphatic carbocycles. The molecule has 2 N–H and O–H groups in total. The van der Waals surface area contributed by atoms with Gasteiger partial charge in [0.15, 0.2) is 0 Å². The molecule has 1 fully saturated rings. The van der Waals surface area contributed by atoms with Crippen molar-refractivity contribution in [1.29, 1.82) is 0 Å². The molecule has 0 aromatic heterocycles. The van der Waals surface area contributed by atoms with Crippen molar-refractivity contribution in [2.24, 2.45) is 0 Å². The Morgan fingerprint density at radius 2 is 1.65 bits per heavy atom. The van der Waals surface area contributed by atoms with Gasteiger partial charge in [-0.1, -0.05) is 55.7 Å². The number of carbonyl (C=O) groups is 2. The van der Waals surface area contributed by atoms with Crippen molar-refractivity contribution in [1.82, 2.24) is 9.80 Å². The van der Waals surface area contributed by atoms with Gasteiger partial charge in [-0.05, 0) is 49.4 Å². The number of nitrogens with zero attached hydrogens (tertiary/aromatic N) is 2. The molecule has 0 radical (unpaired) electrons. The van der Waals surface area contributed by atoms with Crippen LogP contribution in [-0.4, -0.2) is 58.0 Å². The number of phenolic OH excluding ortho intramolecular Hbond substituents is 2. The Morgan fingerprint density at radius 3 is 2.24 bits per heavy atom. The van der Waals surface area contributed by atoms with Crippen molar-refractivity contribution in [2.75, 3.05) is 26.2 Å². The Kier molecular flexibility index (Phi) is 8.02. The Labute approximate surface area is 202 Å². The first-order chi connectivity index (χ1) is 16.1. The monoisotopic (exact) mass is 464 g/mol. The molecule has 1 saturated heterocycles. The first kappa shape index (κ1) is 25.3. The number of unbranched alkanes of at least 4 members (excludes halogenated alkanes) is 2. The number of carbonyl (C=O) groups excluding carboxylic acids is 2. The number of piperazine rings is 1. The van der Waals surface area contributed by atoms with Gasteiger partial charge in [-0.25, -0.2) is 0 Å². The topological polar surface area (TPSA) is 81.1 Å². The van der Waals surface area contributed by atoms with Crippen molar-refractivity contribution in [3.8, 4) is 22.6 Å². The number of aryl methyl sites for hydroxylation is 2. The normalized spacial score (nSPS) is 13.8. The summed E-state index contributed by atoms with van der Waals surface area (Å²) in [5, 5.41) is 22.5. The summed E-state index contributed by atoms with van der Waals surface area (Å²) in [5.74, 6) is -0.513. The lowest BCUT2D eigenvalue weighted by Gasteiger charge is -2.35. The summed E-state index contributed by atoms with van der Waals surface area (Å²) in [6.45, 7) is 13.3. The number of hydrogen-bond donors (Lipinski definition) is 2. The van der Waals surface area contributed by atoms with E-state index in [9.17, 15) is 19.8 Å². The van der Waals surface area contributed by atoms with Gasteiger partial charge in [0.25, 0.3) is 5.91 Å². The summed E-state index contributed by atoms with van der Waals surface area (Å²) >= 11 is 0. The molecule has 1 heterocycles. The summed E-state index contributed by atoms with van der Waals surface area (Å²) in [4.78, 5) is 28.8. The van der Waals surface area contributed by atoms with Crippen LogP contribution in [-0.2, 0) is 11.2 Å². The molecular weight excluding hydrogens is 428 g/mol. The molecule has 0 atom stereocenters. The third-order valence-corrected chi connectivity index (χ3v) is 6.54. The van der Waals surface area contributed by atoms with Crippen molar-refractivity contribution >= 4 is 17.4 Å². The van der Waals surface area contributed by atoms with Gasteiger partial charge in [-0.15, -0.1) is 0 Å². The van der Waals surface area contributed by atoms with Crippen LogP contribution < -0.4 is 0 Å². The molecule has 1 aliphatic heterocycles. The van der Waals surface area contributed by atoms with Crippen molar-refractivity contribution < 1.29 is 19.8 Å². The van der Waals surface area contributed by atoms with Crippen LogP contribution in [0.25, 0.3) is 16.7 Å². The molecule has 0 unspecified atom stereocenters. The van der Waals surface area contributed by atoms with E-state index >= 15 is 0 Å². The maximum atomic E-state index is 13.7. The summed E-state index contributed by atoms with van der Waals surface area (Å²) in [5.41, 5.74) is 4.38. The third kappa shape index (κ3) is 5.27. The zero-order valence-corrected chi connectivity index (χ0v) is 20.8. The molecule has 34 heavy (non-hydrogen) atoms. The van der Waals surface area contributed by atoms with E-state index in [2.05, 4.69) is 13.5 Å². The standard InChI is InChI=1S/C28H36N2O4/c1-6-7-8-9-21-17-24(32)26(23-16-19(4)10-11-22(23)18(2)3)27(33)25(21)28(34)30-14-12-29(13-15-30)20(5)31/h10-11,16-17,32-33H,2,6-9,12-15H2,1,3-5H3. The summed E-state index contributed by atoms with van der Waals surface area (Å²) < 4.78 is 0. The summed E-state index contributed by atoms with van der Waals surface area (Å²) in [6, 6.07) is 7.41. The van der Waals surface area contributed by atoms with Crippen molar-refractivity contribution in [2.45, 2.75) is 53.4 Å². The van der Waals surface area contributed by atoms with E-state index in [0.717, 1.165) is 36.0 Å². The third-order valence-electron chi connectivity index (χ3n) is 6.54. The van der Waals surface area contributed by atoms with E-state index in [0.29, 0.717) is 43.7 Å². The lowest BCUT2D eigenvalue weighted by molar-refractivity contribution is -0.130. The Balaban J connectivity index is 2.12. The zero-order chi connectivity index (χ0) is 25.0. The Hall–Kier alpha value is -3.28. The van der Waals surface area contributed by atoms with Crippen LogP contribution in [0, 0.1) is 6.92 Å². The van der Waals surface area contributed by atoms with Crippen molar-refractivity contribution in [3.05, 3.63) is 53.1 Å². The second-order valence-electron chi connectivity index (χ2n) is 9.24. The minimum Gasteiger partial charge on any atom is -0.507 e. The molecule has 2 amide bonds. The molecular formula is C28H36N2O4. The molecule has 6 heteroatoms. The van der Waals surface area contributed by atoms with Gasteiger partial charge in [0.1, 0.15) is 11.5 Å². The van der Waals surface area contributed by atoms with Crippen LogP contribution in [0.5, 0.6) is 11.5 Å². The number of benzene rings is 2. The number of allylic oxidation sites excluding steroid dienone is 1. The second kappa shape index (κ2) is 10.8. The van der Waals surface area contributed by atoms with Crippen LogP contribution in [0.4, 0.5) is 0 Å². The number of aromatic hydroxyl groups is 2. The largest absolute Gasteiger partial charge is 0.507 e. The van der Waals surface area contributed by atoms with Gasteiger partial charge >= 0.3 is 0 Å². The quantitative estimate of drug-likeness (QED) is 0.556. The fourth-order valence-electron chi connectivity index (χ4n) is 4.59. The van der Waals surface area contributed by atoms with Crippen LogP contribution in [0.1, 0.15) is 67.1 Å². The van der Waals surface area contributed by atoms with E-state index in [1.165, 1.54) is 6.92 Å². The highest BCUT2D eigenvalue weighted by molar-refractivity contribution is 6.02. The van der Waals surface area contributed by atoms with Gasteiger partial charge in [0, 0.05) is 33.1 Å². The minimum absolute atomic E-state index is 0.00566. The molecule has 6 nitrogen and oxygen atoms in total. The van der Waals surface area contributed by atoms with Gasteiger partial charge in [-0.3, -0.25) is 9.59 Å². The number of rotatable bonds is 7. The number of hydrogen-bond acceptors (Lipinski definition) is 4. The van der Waals surface area contributed by atoms with Gasteiger partial charge in [0.2, 0.25) is 5.91 Å². The Morgan fingerprint density at radius 1 is 1.00 bits per heavy atom. The molecule has 182 valence electrons. The molecule has 0 saturated carbocycles. The fraction of sp³-hybridized carbons (Fsp3) is 0.429. The first-order valence-corrected chi connectivity index (χ1v) is 12.0. The highest BCUT2D eigenvalue weighted by atomic mass is 16.3.